The van der Waals surface area contributed by atoms with Gasteiger partial charge < -0.3 is 30.6 Å². The Hall–Kier alpha value is -3.67. The molecule has 0 radical (unpaired) electrons. The van der Waals surface area contributed by atoms with Crippen LogP contribution in [0.4, 0.5) is 0 Å². The largest absolute Gasteiger partial charge is 0.478 e. The molecule has 0 saturated carbocycles. The van der Waals surface area contributed by atoms with Gasteiger partial charge in [-0.25, -0.2) is 28.8 Å². The summed E-state index contributed by atoms with van der Waals surface area (Å²) in [7, 11) is 0. The Kier molecular flexibility index (Phi) is 21.6. The van der Waals surface area contributed by atoms with Crippen LogP contribution in [0.25, 0.3) is 0 Å². The molecule has 0 saturated heterocycles. The van der Waals surface area contributed by atoms with Gasteiger partial charge in [0, 0.05) is 36.5 Å². The molecule has 0 aromatic carbocycles. The molecular formula is C12H13ClO12. The van der Waals surface area contributed by atoms with Crippen LogP contribution >= 0.6 is 12.4 Å². The second-order valence-corrected chi connectivity index (χ2v) is 3.03. The first-order chi connectivity index (χ1) is 10.9. The number of carboxylic acid groups (broad SMARTS) is 6. The molecule has 0 rings (SSSR count). The van der Waals surface area contributed by atoms with Crippen LogP contribution in [0.15, 0.2) is 36.5 Å². The van der Waals surface area contributed by atoms with E-state index in [-0.39, 0.29) is 12.4 Å². The van der Waals surface area contributed by atoms with E-state index in [1.165, 1.54) is 0 Å². The van der Waals surface area contributed by atoms with Gasteiger partial charge in [-0.05, 0) is 0 Å². The van der Waals surface area contributed by atoms with Crippen molar-refractivity contribution >= 4 is 48.2 Å². The predicted molar refractivity (Wildman–Crippen MR) is 80.5 cm³/mol. The molecule has 25 heavy (non-hydrogen) atoms. The maximum absolute atomic E-state index is 9.55. The summed E-state index contributed by atoms with van der Waals surface area (Å²) >= 11 is 0. The third-order valence-electron chi connectivity index (χ3n) is 1.11. The lowest BCUT2D eigenvalue weighted by Crippen LogP contribution is -1.91. The van der Waals surface area contributed by atoms with Gasteiger partial charge in [0.1, 0.15) is 0 Å². The average Bonchev–Trinajstić information content (AvgIpc) is 2.42. The number of hydrogen-bond acceptors (Lipinski definition) is 6. The minimum Gasteiger partial charge on any atom is -0.478 e. The minimum absolute atomic E-state index is 0. The van der Waals surface area contributed by atoms with Crippen LogP contribution in [0, 0.1) is 0 Å². The summed E-state index contributed by atoms with van der Waals surface area (Å²) in [5, 5.41) is 46.9. The molecule has 0 spiro atoms. The van der Waals surface area contributed by atoms with Gasteiger partial charge in [0.25, 0.3) is 0 Å². The SMILES string of the molecule is Cl.O=C(O)/C=C/C(=O)O.O=C(O)/C=C/C(=O)O.O=C(O)/C=C/C(=O)O. The van der Waals surface area contributed by atoms with Crippen molar-refractivity contribution in [3.63, 3.8) is 0 Å². The first-order valence-electron chi connectivity index (χ1n) is 5.30. The average molecular weight is 385 g/mol. The summed E-state index contributed by atoms with van der Waals surface area (Å²) in [6.45, 7) is 0. The van der Waals surface area contributed by atoms with E-state index in [1.54, 1.807) is 0 Å². The van der Waals surface area contributed by atoms with Crippen LogP contribution in [0.3, 0.4) is 0 Å². The molecule has 0 aromatic heterocycles. The molecule has 0 aliphatic carbocycles. The summed E-state index contributed by atoms with van der Waals surface area (Å²) in [5.41, 5.74) is 0. The molecule has 0 aliphatic heterocycles. The normalized spacial score (nSPS) is 9.12. The van der Waals surface area contributed by atoms with Crippen LogP contribution in [0.1, 0.15) is 0 Å². The predicted octanol–water partition coefficient (Wildman–Crippen LogP) is -0.443. The lowest BCUT2D eigenvalue weighted by atomic mass is 10.5. The number of hydrogen-bond donors (Lipinski definition) is 6. The highest BCUT2D eigenvalue weighted by atomic mass is 35.5. The molecule has 12 nitrogen and oxygen atoms in total. The third kappa shape index (κ3) is 53.2. The molecule has 13 heteroatoms. The molecule has 0 bridgehead atoms. The molecule has 0 aliphatic rings. The van der Waals surface area contributed by atoms with E-state index in [4.69, 9.17) is 30.6 Å². The standard InChI is InChI=1S/3C4H4O4.ClH/c3*5-3(6)1-2-4(7)8;/h3*1-2H,(H,5,6)(H,7,8);1H/b3*2-1+;. The Morgan fingerprint density at radius 1 is 0.360 bits per heavy atom. The van der Waals surface area contributed by atoms with E-state index in [0.717, 1.165) is 0 Å². The zero-order valence-electron chi connectivity index (χ0n) is 12.0. The van der Waals surface area contributed by atoms with Gasteiger partial charge in [-0.3, -0.25) is 0 Å². The quantitative estimate of drug-likeness (QED) is 0.320. The Morgan fingerprint density at radius 2 is 0.440 bits per heavy atom. The lowest BCUT2D eigenvalue weighted by Gasteiger charge is -1.74. The zero-order chi connectivity index (χ0) is 19.7. The number of carboxylic acids is 6. The number of halogens is 1. The van der Waals surface area contributed by atoms with Crippen molar-refractivity contribution in [2.24, 2.45) is 0 Å². The van der Waals surface area contributed by atoms with Crippen LogP contribution in [-0.4, -0.2) is 66.5 Å². The second kappa shape index (κ2) is 18.4. The van der Waals surface area contributed by atoms with E-state index in [0.29, 0.717) is 36.5 Å². The van der Waals surface area contributed by atoms with Gasteiger partial charge in [0.15, 0.2) is 0 Å². The molecule has 0 amide bonds. The maximum atomic E-state index is 9.55. The van der Waals surface area contributed by atoms with E-state index in [2.05, 4.69) is 0 Å². The fourth-order valence-electron chi connectivity index (χ4n) is 0.428. The van der Waals surface area contributed by atoms with Crippen LogP contribution in [0.2, 0.25) is 0 Å². The summed E-state index contributed by atoms with van der Waals surface area (Å²) in [6.07, 6.45) is 3.35. The Balaban J connectivity index is -0.000000130. The molecule has 140 valence electrons. The summed E-state index contributed by atoms with van der Waals surface area (Å²) in [4.78, 5) is 57.3. The van der Waals surface area contributed by atoms with Crippen molar-refractivity contribution in [3.8, 4) is 0 Å². The summed E-state index contributed by atoms with van der Waals surface area (Å²) in [5.74, 6) is -7.54. The third-order valence-corrected chi connectivity index (χ3v) is 1.11. The summed E-state index contributed by atoms with van der Waals surface area (Å²) < 4.78 is 0. The number of carbonyl (C=O) groups is 6. The Bertz CT molecular complexity index is 444. The maximum Gasteiger partial charge on any atom is 0.328 e. The van der Waals surface area contributed by atoms with Crippen molar-refractivity contribution < 1.29 is 59.4 Å². The molecule has 6 N–H and O–H groups in total. The van der Waals surface area contributed by atoms with Crippen LogP contribution in [0.5, 0.6) is 0 Å². The fraction of sp³-hybridized carbons (Fsp3) is 0. The van der Waals surface area contributed by atoms with Gasteiger partial charge in [-0.1, -0.05) is 0 Å². The molecule has 0 unspecified atom stereocenters. The Labute approximate surface area is 145 Å². The molecular weight excluding hydrogens is 372 g/mol. The zero-order valence-corrected chi connectivity index (χ0v) is 12.8. The van der Waals surface area contributed by atoms with Crippen molar-refractivity contribution in [3.05, 3.63) is 36.5 Å². The van der Waals surface area contributed by atoms with E-state index >= 15 is 0 Å². The highest BCUT2D eigenvalue weighted by molar-refractivity contribution is 5.90. The van der Waals surface area contributed by atoms with Crippen molar-refractivity contribution in [2.45, 2.75) is 0 Å². The molecule has 0 atom stereocenters. The minimum atomic E-state index is -1.26. The van der Waals surface area contributed by atoms with Gasteiger partial charge in [-0.2, -0.15) is 0 Å². The first-order valence-corrected chi connectivity index (χ1v) is 5.30. The highest BCUT2D eigenvalue weighted by Crippen LogP contribution is 1.71. The van der Waals surface area contributed by atoms with Gasteiger partial charge in [-0.15, -0.1) is 12.4 Å². The highest BCUT2D eigenvalue weighted by Gasteiger charge is 1.89. The smallest absolute Gasteiger partial charge is 0.328 e. The topological polar surface area (TPSA) is 224 Å². The molecule has 0 heterocycles. The van der Waals surface area contributed by atoms with Gasteiger partial charge >= 0.3 is 35.8 Å². The summed E-state index contributed by atoms with van der Waals surface area (Å²) in [6, 6.07) is 0. The number of rotatable bonds is 6. The van der Waals surface area contributed by atoms with E-state index in [9.17, 15) is 28.8 Å². The lowest BCUT2D eigenvalue weighted by molar-refractivity contribution is -0.134. The first kappa shape index (κ1) is 29.4. The second-order valence-electron chi connectivity index (χ2n) is 3.03. The van der Waals surface area contributed by atoms with Crippen molar-refractivity contribution in [1.82, 2.24) is 0 Å². The van der Waals surface area contributed by atoms with Crippen molar-refractivity contribution in [2.75, 3.05) is 0 Å². The van der Waals surface area contributed by atoms with Gasteiger partial charge in [0.2, 0.25) is 0 Å². The molecule has 0 aromatic rings. The fourth-order valence-corrected chi connectivity index (χ4v) is 0.428. The Morgan fingerprint density at radius 3 is 0.480 bits per heavy atom. The van der Waals surface area contributed by atoms with Gasteiger partial charge in [0.05, 0.1) is 0 Å². The monoisotopic (exact) mass is 384 g/mol. The van der Waals surface area contributed by atoms with Crippen molar-refractivity contribution in [1.29, 1.82) is 0 Å². The van der Waals surface area contributed by atoms with Crippen LogP contribution < -0.4 is 0 Å². The number of aliphatic carboxylic acids is 6. The molecule has 0 fully saturated rings. The van der Waals surface area contributed by atoms with E-state index in [1.807, 2.05) is 0 Å². The van der Waals surface area contributed by atoms with E-state index < -0.39 is 35.8 Å². The van der Waals surface area contributed by atoms with Crippen LogP contribution in [-0.2, 0) is 28.8 Å².